The summed E-state index contributed by atoms with van der Waals surface area (Å²) in [7, 11) is 0. The molecule has 3 heterocycles. The van der Waals surface area contributed by atoms with Crippen molar-refractivity contribution in [2.45, 2.75) is 31.6 Å². The molecule has 0 saturated carbocycles. The molecule has 0 spiro atoms. The lowest BCUT2D eigenvalue weighted by Crippen LogP contribution is -2.29. The minimum Gasteiger partial charge on any atom is -0.507 e. The highest BCUT2D eigenvalue weighted by atomic mass is 16.3. The van der Waals surface area contributed by atoms with E-state index in [0.29, 0.717) is 36.2 Å². The van der Waals surface area contributed by atoms with Crippen LogP contribution in [0.1, 0.15) is 41.9 Å². The number of aryl methyl sites for hydroxylation is 1. The molecule has 1 aromatic heterocycles. The molecule has 1 unspecified atom stereocenters. The molecular formula is C22H24N6O. The molecule has 0 bridgehead atoms. The predicted octanol–water partition coefficient (Wildman–Crippen LogP) is 2.79. The second kappa shape index (κ2) is 8.41. The van der Waals surface area contributed by atoms with E-state index in [2.05, 4.69) is 26.4 Å². The number of hydrogen-bond acceptors (Lipinski definition) is 7. The Morgan fingerprint density at radius 2 is 2.21 bits per heavy atom. The number of nitrogens with one attached hydrogen (secondary N) is 1. The SMILES string of the molecule is N#Cc1c(C2CCCNC2)cc(-c2c(O)cccc2CCC2=NCC=N2)nc1N. The third-order valence-corrected chi connectivity index (χ3v) is 5.53. The molecular weight excluding hydrogens is 364 g/mol. The van der Waals surface area contributed by atoms with Gasteiger partial charge in [-0.2, -0.15) is 5.26 Å². The van der Waals surface area contributed by atoms with E-state index < -0.39 is 0 Å². The van der Waals surface area contributed by atoms with Crippen molar-refractivity contribution >= 4 is 17.9 Å². The number of amidine groups is 1. The van der Waals surface area contributed by atoms with Crippen molar-refractivity contribution in [2.24, 2.45) is 9.98 Å². The van der Waals surface area contributed by atoms with Gasteiger partial charge < -0.3 is 16.2 Å². The third kappa shape index (κ3) is 3.98. The van der Waals surface area contributed by atoms with Crippen molar-refractivity contribution in [3.8, 4) is 23.1 Å². The second-order valence-electron chi connectivity index (χ2n) is 7.39. The summed E-state index contributed by atoms with van der Waals surface area (Å²) in [6, 6.07) is 9.61. The van der Waals surface area contributed by atoms with Gasteiger partial charge in [-0.15, -0.1) is 0 Å². The molecule has 7 heteroatoms. The highest BCUT2D eigenvalue weighted by Crippen LogP contribution is 2.37. The number of hydrogen-bond donors (Lipinski definition) is 3. The van der Waals surface area contributed by atoms with Gasteiger partial charge in [0.2, 0.25) is 0 Å². The van der Waals surface area contributed by atoms with Gasteiger partial charge >= 0.3 is 0 Å². The number of pyridine rings is 1. The minimum absolute atomic E-state index is 0.156. The first-order valence-corrected chi connectivity index (χ1v) is 9.95. The summed E-state index contributed by atoms with van der Waals surface area (Å²) >= 11 is 0. The number of phenolic OH excluding ortho intramolecular Hbond substituents is 1. The number of nitrogens with two attached hydrogens (primary N) is 1. The fraction of sp³-hybridized carbons (Fsp3) is 0.364. The van der Waals surface area contributed by atoms with Crippen LogP contribution in [0, 0.1) is 11.3 Å². The summed E-state index contributed by atoms with van der Waals surface area (Å²) < 4.78 is 0. The maximum Gasteiger partial charge on any atom is 0.142 e. The van der Waals surface area contributed by atoms with Gasteiger partial charge in [0.25, 0.3) is 0 Å². The summed E-state index contributed by atoms with van der Waals surface area (Å²) in [5, 5.41) is 23.7. The van der Waals surface area contributed by atoms with Crippen molar-refractivity contribution in [1.82, 2.24) is 10.3 Å². The Labute approximate surface area is 170 Å². The summed E-state index contributed by atoms with van der Waals surface area (Å²) in [5.41, 5.74) is 9.74. The molecule has 1 fully saturated rings. The van der Waals surface area contributed by atoms with Gasteiger partial charge in [0, 0.05) is 24.7 Å². The molecule has 1 atom stereocenters. The molecule has 0 radical (unpaired) electrons. The Morgan fingerprint density at radius 3 is 2.93 bits per heavy atom. The number of rotatable bonds is 5. The van der Waals surface area contributed by atoms with E-state index in [9.17, 15) is 10.4 Å². The molecule has 2 aromatic rings. The average molecular weight is 388 g/mol. The van der Waals surface area contributed by atoms with Crippen LogP contribution < -0.4 is 11.1 Å². The number of piperidine rings is 1. The molecule has 29 heavy (non-hydrogen) atoms. The van der Waals surface area contributed by atoms with Crippen LogP contribution >= 0.6 is 0 Å². The monoisotopic (exact) mass is 388 g/mol. The van der Waals surface area contributed by atoms with Crippen molar-refractivity contribution in [2.75, 3.05) is 25.4 Å². The first kappa shape index (κ1) is 19.1. The highest BCUT2D eigenvalue weighted by molar-refractivity contribution is 5.94. The number of anilines is 1. The van der Waals surface area contributed by atoms with Crippen LogP contribution in [-0.4, -0.2) is 41.8 Å². The first-order chi connectivity index (χ1) is 14.2. The van der Waals surface area contributed by atoms with Crippen LogP contribution in [0.5, 0.6) is 5.75 Å². The normalized spacial score (nSPS) is 18.4. The zero-order valence-corrected chi connectivity index (χ0v) is 16.2. The fourth-order valence-electron chi connectivity index (χ4n) is 4.09. The van der Waals surface area contributed by atoms with Crippen molar-refractivity contribution in [3.63, 3.8) is 0 Å². The molecule has 0 amide bonds. The fourth-order valence-corrected chi connectivity index (χ4v) is 4.09. The molecule has 2 aliphatic rings. The number of nitrogen functional groups attached to an aromatic ring is 1. The summed E-state index contributed by atoms with van der Waals surface area (Å²) in [6.07, 6.45) is 5.22. The Hall–Kier alpha value is -3.24. The van der Waals surface area contributed by atoms with Crippen LogP contribution in [-0.2, 0) is 6.42 Å². The van der Waals surface area contributed by atoms with Gasteiger partial charge in [-0.25, -0.2) is 9.98 Å². The number of nitriles is 1. The van der Waals surface area contributed by atoms with E-state index in [1.54, 1.807) is 12.3 Å². The number of benzene rings is 1. The molecule has 2 aliphatic heterocycles. The summed E-state index contributed by atoms with van der Waals surface area (Å²) in [4.78, 5) is 13.1. The van der Waals surface area contributed by atoms with Crippen LogP contribution in [0.15, 0.2) is 34.3 Å². The molecule has 4 N–H and O–H groups in total. The van der Waals surface area contributed by atoms with Crippen LogP contribution in [0.3, 0.4) is 0 Å². The van der Waals surface area contributed by atoms with Gasteiger partial charge in [-0.05, 0) is 55.0 Å². The third-order valence-electron chi connectivity index (χ3n) is 5.53. The van der Waals surface area contributed by atoms with Gasteiger partial charge in [0.15, 0.2) is 0 Å². The van der Waals surface area contributed by atoms with Crippen molar-refractivity contribution < 1.29 is 5.11 Å². The van der Waals surface area contributed by atoms with Crippen LogP contribution in [0.4, 0.5) is 5.82 Å². The van der Waals surface area contributed by atoms with Gasteiger partial charge in [0.05, 0.1) is 17.8 Å². The molecule has 0 aliphatic carbocycles. The number of aromatic nitrogens is 1. The highest BCUT2D eigenvalue weighted by Gasteiger charge is 2.23. The van der Waals surface area contributed by atoms with Gasteiger partial charge in [0.1, 0.15) is 23.5 Å². The average Bonchev–Trinajstić information content (AvgIpc) is 3.26. The summed E-state index contributed by atoms with van der Waals surface area (Å²) in [5.74, 6) is 1.40. The zero-order chi connectivity index (χ0) is 20.2. The molecule has 7 nitrogen and oxygen atoms in total. The second-order valence-corrected chi connectivity index (χ2v) is 7.39. The Kier molecular flexibility index (Phi) is 5.54. The molecule has 1 saturated heterocycles. The lowest BCUT2D eigenvalue weighted by molar-refractivity contribution is 0.461. The predicted molar refractivity (Wildman–Crippen MR) is 114 cm³/mol. The van der Waals surface area contributed by atoms with E-state index in [1.165, 1.54) is 0 Å². The quantitative estimate of drug-likeness (QED) is 0.727. The lowest BCUT2D eigenvalue weighted by atomic mass is 9.87. The smallest absolute Gasteiger partial charge is 0.142 e. The maximum atomic E-state index is 10.6. The molecule has 4 rings (SSSR count). The Morgan fingerprint density at radius 1 is 1.31 bits per heavy atom. The van der Waals surface area contributed by atoms with E-state index in [4.69, 9.17) is 5.73 Å². The first-order valence-electron chi connectivity index (χ1n) is 9.95. The largest absolute Gasteiger partial charge is 0.507 e. The standard InChI is InChI=1S/C22H24N6O/c23-12-17-16(15-4-2-8-25-13-15)11-18(28-22(17)24)21-14(3-1-5-19(21)29)6-7-20-26-9-10-27-20/h1,3,5,9,11,15,25,29H,2,4,6-8,10,13H2,(H2,24,28). The summed E-state index contributed by atoms with van der Waals surface area (Å²) in [6.45, 7) is 2.43. The Balaban J connectivity index is 1.75. The number of aromatic hydroxyl groups is 1. The molecule has 1 aromatic carbocycles. The van der Waals surface area contributed by atoms with Gasteiger partial charge in [-0.3, -0.25) is 4.99 Å². The van der Waals surface area contributed by atoms with E-state index in [1.807, 2.05) is 18.2 Å². The number of nitrogens with zero attached hydrogens (tertiary/aromatic N) is 4. The van der Waals surface area contributed by atoms with E-state index in [-0.39, 0.29) is 17.5 Å². The van der Waals surface area contributed by atoms with E-state index in [0.717, 1.165) is 42.9 Å². The maximum absolute atomic E-state index is 10.6. The van der Waals surface area contributed by atoms with Crippen molar-refractivity contribution in [3.05, 3.63) is 41.0 Å². The Bertz CT molecular complexity index is 1010. The van der Waals surface area contributed by atoms with Crippen LogP contribution in [0.2, 0.25) is 0 Å². The van der Waals surface area contributed by atoms with Crippen molar-refractivity contribution in [1.29, 1.82) is 5.26 Å². The zero-order valence-electron chi connectivity index (χ0n) is 16.2. The number of aliphatic imine (C=N–C) groups is 2. The lowest BCUT2D eigenvalue weighted by Gasteiger charge is -2.25. The topological polar surface area (TPSA) is 120 Å². The minimum atomic E-state index is 0.156. The van der Waals surface area contributed by atoms with Gasteiger partial charge in [-0.1, -0.05) is 12.1 Å². The van der Waals surface area contributed by atoms with Crippen LogP contribution in [0.25, 0.3) is 11.3 Å². The molecule has 148 valence electrons. The van der Waals surface area contributed by atoms with E-state index >= 15 is 0 Å². The number of phenols is 1.